The lowest BCUT2D eigenvalue weighted by Gasteiger charge is -2.26. The molecule has 31 heavy (non-hydrogen) atoms. The van der Waals surface area contributed by atoms with E-state index in [1.54, 1.807) is 6.20 Å². The maximum atomic E-state index is 12.8. The number of carbonyl (C=O) groups excluding carboxylic acids is 1. The Morgan fingerprint density at radius 3 is 2.65 bits per heavy atom. The molecule has 2 N–H and O–H groups in total. The first kappa shape index (κ1) is 21.2. The van der Waals surface area contributed by atoms with Crippen LogP contribution in [0.3, 0.4) is 0 Å². The molecule has 1 fully saturated rings. The van der Waals surface area contributed by atoms with E-state index in [0.717, 1.165) is 60.6 Å². The summed E-state index contributed by atoms with van der Waals surface area (Å²) in [6.07, 6.45) is 5.32. The van der Waals surface area contributed by atoms with Gasteiger partial charge in [-0.2, -0.15) is 5.10 Å². The molecule has 9 nitrogen and oxygen atoms in total. The van der Waals surface area contributed by atoms with Crippen LogP contribution in [0.2, 0.25) is 0 Å². The molecule has 1 aliphatic heterocycles. The molecule has 164 valence electrons. The van der Waals surface area contributed by atoms with Crippen molar-refractivity contribution in [1.82, 2.24) is 30.0 Å². The van der Waals surface area contributed by atoms with Crippen LogP contribution in [0.15, 0.2) is 12.4 Å². The number of carbonyl (C=O) groups is 1. The maximum absolute atomic E-state index is 12.8. The zero-order valence-corrected chi connectivity index (χ0v) is 18.5. The third-order valence-corrected chi connectivity index (χ3v) is 5.73. The van der Waals surface area contributed by atoms with Crippen LogP contribution in [0.5, 0.6) is 0 Å². The Morgan fingerprint density at radius 1 is 1.16 bits per heavy atom. The van der Waals surface area contributed by atoms with Crippen molar-refractivity contribution in [3.8, 4) is 0 Å². The number of rotatable bonds is 6. The average Bonchev–Trinajstić information content (AvgIpc) is 3.16. The van der Waals surface area contributed by atoms with Gasteiger partial charge in [0.25, 0.3) is 5.91 Å². The maximum Gasteiger partial charge on any atom is 0.254 e. The van der Waals surface area contributed by atoms with Crippen LogP contribution >= 0.6 is 0 Å². The fourth-order valence-electron chi connectivity index (χ4n) is 3.97. The van der Waals surface area contributed by atoms with Crippen LogP contribution in [0.25, 0.3) is 11.0 Å². The summed E-state index contributed by atoms with van der Waals surface area (Å²) in [5.74, 6) is 0.452. The summed E-state index contributed by atoms with van der Waals surface area (Å²) < 4.78 is 7.41. The van der Waals surface area contributed by atoms with Gasteiger partial charge in [0.05, 0.1) is 28.5 Å². The molecule has 0 unspecified atom stereocenters. The van der Waals surface area contributed by atoms with Crippen molar-refractivity contribution < 1.29 is 9.53 Å². The number of anilines is 1. The van der Waals surface area contributed by atoms with Crippen LogP contribution in [0, 0.1) is 20.8 Å². The fraction of sp³-hybridized carbons (Fsp3) is 0.500. The van der Waals surface area contributed by atoms with Gasteiger partial charge in [0.2, 0.25) is 0 Å². The van der Waals surface area contributed by atoms with Crippen molar-refractivity contribution in [2.45, 2.75) is 59.7 Å². The van der Waals surface area contributed by atoms with Gasteiger partial charge in [-0.25, -0.2) is 19.6 Å². The zero-order valence-electron chi connectivity index (χ0n) is 18.5. The molecule has 4 heterocycles. The van der Waals surface area contributed by atoms with Crippen LogP contribution < -0.4 is 10.6 Å². The third-order valence-electron chi connectivity index (χ3n) is 5.73. The first-order valence-corrected chi connectivity index (χ1v) is 10.8. The molecule has 0 spiro atoms. The molecule has 3 aromatic heterocycles. The lowest BCUT2D eigenvalue weighted by molar-refractivity contribution is 0.0904. The van der Waals surface area contributed by atoms with Gasteiger partial charge >= 0.3 is 0 Å². The fourth-order valence-corrected chi connectivity index (χ4v) is 3.97. The summed E-state index contributed by atoms with van der Waals surface area (Å²) in [4.78, 5) is 26.1. The van der Waals surface area contributed by atoms with Gasteiger partial charge < -0.3 is 15.4 Å². The van der Waals surface area contributed by atoms with E-state index >= 15 is 0 Å². The van der Waals surface area contributed by atoms with Gasteiger partial charge in [-0.3, -0.25) is 4.79 Å². The van der Waals surface area contributed by atoms with Gasteiger partial charge in [0.15, 0.2) is 5.65 Å². The van der Waals surface area contributed by atoms with E-state index in [2.05, 4.69) is 32.6 Å². The molecule has 4 rings (SSSR count). The Labute approximate surface area is 181 Å². The lowest BCUT2D eigenvalue weighted by Crippen LogP contribution is -2.30. The normalized spacial score (nSPS) is 14.7. The third kappa shape index (κ3) is 4.36. The number of amides is 1. The molecule has 9 heteroatoms. The summed E-state index contributed by atoms with van der Waals surface area (Å²) >= 11 is 0. The van der Waals surface area contributed by atoms with Crippen LogP contribution in [0.1, 0.15) is 52.9 Å². The Kier molecular flexibility index (Phi) is 6.13. The number of aromatic nitrogens is 5. The van der Waals surface area contributed by atoms with Crippen molar-refractivity contribution >= 4 is 22.6 Å². The Morgan fingerprint density at radius 2 is 1.94 bits per heavy atom. The molecule has 1 amide bonds. The predicted octanol–water partition coefficient (Wildman–Crippen LogP) is 2.69. The highest BCUT2D eigenvalue weighted by Gasteiger charge is 2.21. The van der Waals surface area contributed by atoms with Gasteiger partial charge in [-0.15, -0.1) is 0 Å². The molecule has 0 radical (unpaired) electrons. The molecule has 0 bridgehead atoms. The van der Waals surface area contributed by atoms with E-state index < -0.39 is 0 Å². The summed E-state index contributed by atoms with van der Waals surface area (Å²) in [7, 11) is 0. The summed E-state index contributed by atoms with van der Waals surface area (Å²) in [6, 6.07) is 0.311. The smallest absolute Gasteiger partial charge is 0.254 e. The monoisotopic (exact) mass is 423 g/mol. The Balaban J connectivity index is 1.66. The largest absolute Gasteiger partial charge is 0.381 e. The first-order chi connectivity index (χ1) is 15.0. The SMILES string of the molecule is CCn1ncc2c(NC3CCOCC3)c(CNC(=O)c3cnc(C)nc3C)c(C)nc21. The number of pyridine rings is 1. The topological polar surface area (TPSA) is 107 Å². The van der Waals surface area contributed by atoms with Crippen LogP contribution in [0.4, 0.5) is 5.69 Å². The minimum Gasteiger partial charge on any atom is -0.381 e. The highest BCUT2D eigenvalue weighted by molar-refractivity contribution is 5.95. The van der Waals surface area contributed by atoms with E-state index in [0.29, 0.717) is 29.7 Å². The second-order valence-corrected chi connectivity index (χ2v) is 7.88. The predicted molar refractivity (Wildman–Crippen MR) is 118 cm³/mol. The van der Waals surface area contributed by atoms with Crippen molar-refractivity contribution in [2.24, 2.45) is 0 Å². The van der Waals surface area contributed by atoms with E-state index in [1.807, 2.05) is 31.6 Å². The molecule has 1 aliphatic rings. The minimum absolute atomic E-state index is 0.196. The van der Waals surface area contributed by atoms with Crippen LogP contribution in [-0.2, 0) is 17.8 Å². The second kappa shape index (κ2) is 8.97. The Bertz CT molecular complexity index is 1100. The second-order valence-electron chi connectivity index (χ2n) is 7.88. The van der Waals surface area contributed by atoms with Gasteiger partial charge in [0, 0.05) is 49.8 Å². The van der Waals surface area contributed by atoms with Crippen molar-refractivity contribution in [3.05, 3.63) is 40.7 Å². The number of hydrogen-bond acceptors (Lipinski definition) is 7. The number of aryl methyl sites for hydroxylation is 4. The summed E-state index contributed by atoms with van der Waals surface area (Å²) in [6.45, 7) is 10.2. The number of hydrogen-bond donors (Lipinski definition) is 2. The van der Waals surface area contributed by atoms with E-state index in [4.69, 9.17) is 9.72 Å². The molecule has 0 aromatic carbocycles. The summed E-state index contributed by atoms with van der Waals surface area (Å²) in [5, 5.41) is 12.2. The molecule has 1 saturated heterocycles. The van der Waals surface area contributed by atoms with Gasteiger partial charge in [-0.05, 0) is 40.5 Å². The number of nitrogens with one attached hydrogen (secondary N) is 2. The van der Waals surface area contributed by atoms with E-state index in [9.17, 15) is 4.79 Å². The molecule has 0 saturated carbocycles. The van der Waals surface area contributed by atoms with Gasteiger partial charge in [-0.1, -0.05) is 0 Å². The van der Waals surface area contributed by atoms with Crippen molar-refractivity contribution in [2.75, 3.05) is 18.5 Å². The summed E-state index contributed by atoms with van der Waals surface area (Å²) in [5.41, 5.74) is 4.83. The highest BCUT2D eigenvalue weighted by Crippen LogP contribution is 2.30. The molecule has 0 aliphatic carbocycles. The number of ether oxygens (including phenoxy) is 1. The molecular formula is C22H29N7O2. The van der Waals surface area contributed by atoms with Crippen LogP contribution in [-0.4, -0.2) is 49.9 Å². The first-order valence-electron chi connectivity index (χ1n) is 10.8. The lowest BCUT2D eigenvalue weighted by atomic mass is 10.0. The molecule has 3 aromatic rings. The van der Waals surface area contributed by atoms with Crippen molar-refractivity contribution in [3.63, 3.8) is 0 Å². The molecular weight excluding hydrogens is 394 g/mol. The van der Waals surface area contributed by atoms with Crippen molar-refractivity contribution in [1.29, 1.82) is 0 Å². The number of fused-ring (bicyclic) bond motifs is 1. The highest BCUT2D eigenvalue weighted by atomic mass is 16.5. The van der Waals surface area contributed by atoms with E-state index in [1.165, 1.54) is 0 Å². The van der Waals surface area contributed by atoms with E-state index in [-0.39, 0.29) is 5.91 Å². The average molecular weight is 424 g/mol. The minimum atomic E-state index is -0.196. The number of nitrogens with zero attached hydrogens (tertiary/aromatic N) is 5. The van der Waals surface area contributed by atoms with Gasteiger partial charge in [0.1, 0.15) is 5.82 Å². The standard InChI is InChI=1S/C22H29N7O2/c1-5-29-21-19(12-25-29)20(28-16-6-8-31-9-7-16)17(13(2)27-21)10-24-22(30)18-11-23-15(4)26-14(18)3/h11-12,16H,5-10H2,1-4H3,(H,24,30)(H,27,28). The quantitative estimate of drug-likeness (QED) is 0.628. The zero-order chi connectivity index (χ0) is 22.0. The Hall–Kier alpha value is -3.07. The molecule has 0 atom stereocenters.